The van der Waals surface area contributed by atoms with Gasteiger partial charge in [0.05, 0.1) is 6.54 Å². The van der Waals surface area contributed by atoms with E-state index in [4.69, 9.17) is 8.83 Å². The SMILES string of the molecule is CC1CC1c1ccc(CN(C)C(=O)c2ccc(Br)o2)o1. The summed E-state index contributed by atoms with van der Waals surface area (Å²) in [5.41, 5.74) is 0. The molecule has 2 aromatic heterocycles. The molecule has 2 aromatic rings. The van der Waals surface area contributed by atoms with Crippen LogP contribution in [0.15, 0.2) is 37.8 Å². The minimum atomic E-state index is -0.159. The first kappa shape index (κ1) is 13.5. The number of nitrogens with zero attached hydrogens (tertiary/aromatic N) is 1. The van der Waals surface area contributed by atoms with Crippen LogP contribution in [-0.2, 0) is 6.54 Å². The first-order chi connectivity index (χ1) is 9.54. The number of amides is 1. The zero-order valence-electron chi connectivity index (χ0n) is 11.4. The van der Waals surface area contributed by atoms with Gasteiger partial charge >= 0.3 is 0 Å². The fourth-order valence-corrected chi connectivity index (χ4v) is 2.63. The molecule has 0 radical (unpaired) electrons. The Kier molecular flexibility index (Phi) is 3.46. The van der Waals surface area contributed by atoms with Gasteiger partial charge in [0.1, 0.15) is 11.5 Å². The molecule has 4 nitrogen and oxygen atoms in total. The molecule has 1 saturated carbocycles. The summed E-state index contributed by atoms with van der Waals surface area (Å²) in [6.07, 6.45) is 1.20. The lowest BCUT2D eigenvalue weighted by molar-refractivity contribution is 0.0741. The average molecular weight is 338 g/mol. The fourth-order valence-electron chi connectivity index (χ4n) is 2.32. The van der Waals surface area contributed by atoms with Crippen molar-refractivity contribution in [3.05, 3.63) is 46.2 Å². The molecule has 0 N–H and O–H groups in total. The second kappa shape index (κ2) is 5.13. The number of hydrogen-bond donors (Lipinski definition) is 0. The summed E-state index contributed by atoms with van der Waals surface area (Å²) in [5.74, 6) is 3.28. The third-order valence-corrected chi connectivity index (χ3v) is 4.11. The molecule has 1 aliphatic rings. The quantitative estimate of drug-likeness (QED) is 0.846. The van der Waals surface area contributed by atoms with Crippen molar-refractivity contribution in [3.63, 3.8) is 0 Å². The lowest BCUT2D eigenvalue weighted by Crippen LogP contribution is -2.25. The summed E-state index contributed by atoms with van der Waals surface area (Å²) in [4.78, 5) is 13.7. The Morgan fingerprint density at radius 3 is 2.70 bits per heavy atom. The second-order valence-electron chi connectivity index (χ2n) is 5.39. The smallest absolute Gasteiger partial charge is 0.289 e. The van der Waals surface area contributed by atoms with Crippen molar-refractivity contribution in [2.24, 2.45) is 5.92 Å². The van der Waals surface area contributed by atoms with Crippen LogP contribution in [0.3, 0.4) is 0 Å². The molecule has 0 spiro atoms. The Morgan fingerprint density at radius 1 is 1.35 bits per heavy atom. The number of carbonyl (C=O) groups excluding carboxylic acids is 1. The zero-order valence-corrected chi connectivity index (χ0v) is 13.0. The standard InChI is InChI=1S/C15H16BrNO3/c1-9-7-11(9)12-4-3-10(19-12)8-17(2)15(18)13-5-6-14(16)20-13/h3-6,9,11H,7-8H2,1-2H3. The van der Waals surface area contributed by atoms with Gasteiger partial charge in [-0.3, -0.25) is 4.79 Å². The summed E-state index contributed by atoms with van der Waals surface area (Å²) in [6.45, 7) is 2.66. The van der Waals surface area contributed by atoms with Gasteiger partial charge in [0.2, 0.25) is 0 Å². The van der Waals surface area contributed by atoms with Crippen LogP contribution in [-0.4, -0.2) is 17.9 Å². The van der Waals surface area contributed by atoms with E-state index in [1.54, 1.807) is 24.1 Å². The number of furan rings is 2. The molecule has 106 valence electrons. The molecule has 2 unspecified atom stereocenters. The van der Waals surface area contributed by atoms with Crippen LogP contribution >= 0.6 is 15.9 Å². The first-order valence-electron chi connectivity index (χ1n) is 6.64. The molecule has 3 rings (SSSR count). The third kappa shape index (κ3) is 2.68. The largest absolute Gasteiger partial charge is 0.464 e. The van der Waals surface area contributed by atoms with Crippen LogP contribution in [0.4, 0.5) is 0 Å². The predicted molar refractivity (Wildman–Crippen MR) is 77.4 cm³/mol. The number of halogens is 1. The predicted octanol–water partition coefficient (Wildman–Crippen LogP) is 4.03. The maximum Gasteiger partial charge on any atom is 0.289 e. The van der Waals surface area contributed by atoms with E-state index in [-0.39, 0.29) is 5.91 Å². The van der Waals surface area contributed by atoms with E-state index in [1.165, 1.54) is 6.42 Å². The highest BCUT2D eigenvalue weighted by atomic mass is 79.9. The van der Waals surface area contributed by atoms with Gasteiger partial charge in [-0.25, -0.2) is 0 Å². The Hall–Kier alpha value is -1.49. The Morgan fingerprint density at radius 2 is 2.10 bits per heavy atom. The molecular weight excluding hydrogens is 322 g/mol. The van der Waals surface area contributed by atoms with Crippen LogP contribution in [0, 0.1) is 5.92 Å². The lowest BCUT2D eigenvalue weighted by atomic mass is 10.3. The van der Waals surface area contributed by atoms with Gasteiger partial charge in [0, 0.05) is 13.0 Å². The van der Waals surface area contributed by atoms with Crippen molar-refractivity contribution in [1.29, 1.82) is 0 Å². The van der Waals surface area contributed by atoms with E-state index < -0.39 is 0 Å². The molecule has 5 heteroatoms. The molecule has 0 aliphatic heterocycles. The highest BCUT2D eigenvalue weighted by molar-refractivity contribution is 9.10. The van der Waals surface area contributed by atoms with E-state index in [0.29, 0.717) is 28.8 Å². The Bertz CT molecular complexity index is 631. The van der Waals surface area contributed by atoms with Gasteiger partial charge < -0.3 is 13.7 Å². The van der Waals surface area contributed by atoms with E-state index in [0.717, 1.165) is 11.5 Å². The van der Waals surface area contributed by atoms with Crippen molar-refractivity contribution in [2.45, 2.75) is 25.8 Å². The van der Waals surface area contributed by atoms with Crippen LogP contribution in [0.5, 0.6) is 0 Å². The summed E-state index contributed by atoms with van der Waals surface area (Å²) < 4.78 is 11.6. The van der Waals surface area contributed by atoms with Crippen molar-refractivity contribution < 1.29 is 13.6 Å². The van der Waals surface area contributed by atoms with Crippen LogP contribution in [0.2, 0.25) is 0 Å². The third-order valence-electron chi connectivity index (χ3n) is 3.68. The summed E-state index contributed by atoms with van der Waals surface area (Å²) in [5, 5.41) is 0. The molecule has 2 atom stereocenters. The normalized spacial score (nSPS) is 20.9. The highest BCUT2D eigenvalue weighted by Gasteiger charge is 2.36. The number of carbonyl (C=O) groups is 1. The van der Waals surface area contributed by atoms with Gasteiger partial charge in [-0.15, -0.1) is 0 Å². The van der Waals surface area contributed by atoms with Crippen LogP contribution < -0.4 is 0 Å². The Labute approximate surface area is 125 Å². The molecule has 0 aromatic carbocycles. The highest BCUT2D eigenvalue weighted by Crippen LogP contribution is 2.47. The fraction of sp³-hybridized carbons (Fsp3) is 0.400. The first-order valence-corrected chi connectivity index (χ1v) is 7.43. The monoisotopic (exact) mass is 337 g/mol. The maximum absolute atomic E-state index is 12.1. The summed E-state index contributed by atoms with van der Waals surface area (Å²) in [7, 11) is 1.74. The van der Waals surface area contributed by atoms with Crippen molar-refractivity contribution in [2.75, 3.05) is 7.05 Å². The Balaban J connectivity index is 1.65. The average Bonchev–Trinajstić information content (AvgIpc) is 2.80. The number of hydrogen-bond acceptors (Lipinski definition) is 3. The van der Waals surface area contributed by atoms with Gasteiger partial charge in [0.15, 0.2) is 10.4 Å². The number of rotatable bonds is 4. The van der Waals surface area contributed by atoms with Crippen molar-refractivity contribution in [1.82, 2.24) is 4.90 Å². The molecule has 1 fully saturated rings. The van der Waals surface area contributed by atoms with Gasteiger partial charge in [-0.05, 0) is 52.5 Å². The van der Waals surface area contributed by atoms with Gasteiger partial charge in [-0.1, -0.05) is 6.92 Å². The zero-order chi connectivity index (χ0) is 14.3. The molecule has 20 heavy (non-hydrogen) atoms. The van der Waals surface area contributed by atoms with Gasteiger partial charge in [-0.2, -0.15) is 0 Å². The minimum absolute atomic E-state index is 0.159. The van der Waals surface area contributed by atoms with E-state index in [2.05, 4.69) is 22.9 Å². The molecule has 0 bridgehead atoms. The molecule has 0 saturated heterocycles. The molecule has 2 heterocycles. The molecule has 1 aliphatic carbocycles. The van der Waals surface area contributed by atoms with E-state index >= 15 is 0 Å². The van der Waals surface area contributed by atoms with E-state index in [9.17, 15) is 4.79 Å². The minimum Gasteiger partial charge on any atom is -0.464 e. The topological polar surface area (TPSA) is 46.6 Å². The summed E-state index contributed by atoms with van der Waals surface area (Å²) in [6, 6.07) is 7.33. The maximum atomic E-state index is 12.1. The lowest BCUT2D eigenvalue weighted by Gasteiger charge is -2.13. The second-order valence-corrected chi connectivity index (χ2v) is 6.17. The van der Waals surface area contributed by atoms with Crippen molar-refractivity contribution >= 4 is 21.8 Å². The molecule has 1 amide bonds. The van der Waals surface area contributed by atoms with Crippen LogP contribution in [0.25, 0.3) is 0 Å². The summed E-state index contributed by atoms with van der Waals surface area (Å²) >= 11 is 3.19. The van der Waals surface area contributed by atoms with Gasteiger partial charge in [0.25, 0.3) is 5.91 Å². The van der Waals surface area contributed by atoms with Crippen LogP contribution in [0.1, 0.15) is 41.3 Å². The molecular formula is C15H16BrNO3. The van der Waals surface area contributed by atoms with Crippen molar-refractivity contribution in [3.8, 4) is 0 Å². The van der Waals surface area contributed by atoms with E-state index in [1.807, 2.05) is 12.1 Å².